The SMILES string of the molecule is CC(CCNc1cc(Cl)c(F)cc1[N+](=O)[O-])S(C)=O. The van der Waals surface area contributed by atoms with Crippen molar-refractivity contribution in [2.75, 3.05) is 18.1 Å². The molecule has 0 spiro atoms. The molecule has 19 heavy (non-hydrogen) atoms. The summed E-state index contributed by atoms with van der Waals surface area (Å²) in [5, 5.41) is 13.4. The van der Waals surface area contributed by atoms with Gasteiger partial charge in [-0.25, -0.2) is 4.39 Å². The van der Waals surface area contributed by atoms with Gasteiger partial charge in [-0.2, -0.15) is 0 Å². The molecule has 0 aliphatic heterocycles. The van der Waals surface area contributed by atoms with Crippen molar-refractivity contribution in [3.63, 3.8) is 0 Å². The van der Waals surface area contributed by atoms with Gasteiger partial charge in [0.1, 0.15) is 11.5 Å². The van der Waals surface area contributed by atoms with Crippen LogP contribution in [0.5, 0.6) is 0 Å². The number of hydrogen-bond donors (Lipinski definition) is 1. The van der Waals surface area contributed by atoms with Crippen LogP contribution in [0.3, 0.4) is 0 Å². The first-order chi connectivity index (χ1) is 8.82. The maximum absolute atomic E-state index is 13.2. The highest BCUT2D eigenvalue weighted by atomic mass is 35.5. The molecule has 5 nitrogen and oxygen atoms in total. The van der Waals surface area contributed by atoms with Crippen LogP contribution in [0.2, 0.25) is 5.02 Å². The number of halogens is 2. The molecule has 0 amide bonds. The van der Waals surface area contributed by atoms with Gasteiger partial charge in [0, 0.05) is 28.9 Å². The van der Waals surface area contributed by atoms with Crippen molar-refractivity contribution < 1.29 is 13.5 Å². The van der Waals surface area contributed by atoms with Gasteiger partial charge >= 0.3 is 0 Å². The highest BCUT2D eigenvalue weighted by Crippen LogP contribution is 2.30. The number of nitrogens with zero attached hydrogens (tertiary/aromatic N) is 1. The van der Waals surface area contributed by atoms with E-state index in [1.165, 1.54) is 6.07 Å². The molecule has 2 atom stereocenters. The fraction of sp³-hybridized carbons (Fsp3) is 0.455. The maximum atomic E-state index is 13.2. The van der Waals surface area contributed by atoms with E-state index < -0.39 is 21.5 Å². The molecule has 1 aromatic carbocycles. The van der Waals surface area contributed by atoms with Gasteiger partial charge < -0.3 is 5.32 Å². The molecule has 0 fully saturated rings. The first kappa shape index (κ1) is 15.8. The predicted octanol–water partition coefficient (Wildman–Crippen LogP) is 2.96. The molecule has 0 aliphatic rings. The standard InChI is InChI=1S/C11H14ClFN2O3S/c1-7(19(2)18)3-4-14-10-5-8(12)9(13)6-11(10)15(16)17/h5-7,14H,3-4H2,1-2H3. The smallest absolute Gasteiger partial charge is 0.295 e. The maximum Gasteiger partial charge on any atom is 0.295 e. The zero-order chi connectivity index (χ0) is 14.6. The van der Waals surface area contributed by atoms with Crippen molar-refractivity contribution in [1.82, 2.24) is 0 Å². The zero-order valence-electron chi connectivity index (χ0n) is 10.5. The molecule has 1 N–H and O–H groups in total. The number of anilines is 1. The molecule has 0 radical (unpaired) electrons. The van der Waals surface area contributed by atoms with Gasteiger partial charge in [-0.15, -0.1) is 0 Å². The Hall–Kier alpha value is -1.21. The van der Waals surface area contributed by atoms with E-state index in [-0.39, 0.29) is 21.6 Å². The number of nitrogens with one attached hydrogen (secondary N) is 1. The molecule has 0 saturated carbocycles. The van der Waals surface area contributed by atoms with Crippen LogP contribution >= 0.6 is 11.6 Å². The average molecular weight is 309 g/mol. The van der Waals surface area contributed by atoms with Crippen molar-refractivity contribution in [2.24, 2.45) is 0 Å². The van der Waals surface area contributed by atoms with E-state index in [9.17, 15) is 18.7 Å². The summed E-state index contributed by atoms with van der Waals surface area (Å²) in [6.07, 6.45) is 2.18. The second-order valence-electron chi connectivity index (χ2n) is 4.07. The first-order valence-electron chi connectivity index (χ1n) is 5.52. The highest BCUT2D eigenvalue weighted by Gasteiger charge is 2.17. The second-order valence-corrected chi connectivity index (χ2v) is 6.27. The zero-order valence-corrected chi connectivity index (χ0v) is 12.1. The summed E-state index contributed by atoms with van der Waals surface area (Å²) in [6, 6.07) is 1.97. The van der Waals surface area contributed by atoms with Crippen LogP contribution in [-0.4, -0.2) is 27.2 Å². The fourth-order valence-electron chi connectivity index (χ4n) is 1.41. The summed E-state index contributed by atoms with van der Waals surface area (Å²) in [5.74, 6) is -0.832. The fourth-order valence-corrected chi connectivity index (χ4v) is 2.02. The van der Waals surface area contributed by atoms with Crippen LogP contribution in [0.25, 0.3) is 0 Å². The largest absolute Gasteiger partial charge is 0.379 e. The van der Waals surface area contributed by atoms with Crippen molar-refractivity contribution in [3.05, 3.63) is 33.1 Å². The third-order valence-corrected chi connectivity index (χ3v) is 4.33. The van der Waals surface area contributed by atoms with Gasteiger partial charge in [0.25, 0.3) is 5.69 Å². The lowest BCUT2D eigenvalue weighted by Crippen LogP contribution is -2.15. The van der Waals surface area contributed by atoms with Crippen LogP contribution < -0.4 is 5.32 Å². The topological polar surface area (TPSA) is 72.2 Å². The first-order valence-corrected chi connectivity index (χ1v) is 7.52. The van der Waals surface area contributed by atoms with Crippen LogP contribution in [-0.2, 0) is 10.8 Å². The molecular weight excluding hydrogens is 295 g/mol. The third kappa shape index (κ3) is 4.43. The van der Waals surface area contributed by atoms with Crippen LogP contribution in [0.1, 0.15) is 13.3 Å². The molecular formula is C11H14ClFN2O3S. The van der Waals surface area contributed by atoms with E-state index >= 15 is 0 Å². The molecule has 0 aliphatic carbocycles. The number of rotatable bonds is 6. The average Bonchev–Trinajstić information content (AvgIpc) is 2.32. The van der Waals surface area contributed by atoms with Gasteiger partial charge in [-0.1, -0.05) is 18.5 Å². The van der Waals surface area contributed by atoms with Crippen molar-refractivity contribution >= 4 is 33.8 Å². The molecule has 0 saturated heterocycles. The van der Waals surface area contributed by atoms with Crippen molar-refractivity contribution in [3.8, 4) is 0 Å². The van der Waals surface area contributed by atoms with Crippen LogP contribution in [0, 0.1) is 15.9 Å². The Morgan fingerprint density at radius 3 is 2.74 bits per heavy atom. The van der Waals surface area contributed by atoms with E-state index in [1.54, 1.807) is 6.26 Å². The molecule has 1 rings (SSSR count). The molecule has 8 heteroatoms. The lowest BCUT2D eigenvalue weighted by atomic mass is 10.2. The molecule has 1 aromatic rings. The minimum absolute atomic E-state index is 0.0255. The number of hydrogen-bond acceptors (Lipinski definition) is 4. The van der Waals surface area contributed by atoms with E-state index in [4.69, 9.17) is 11.6 Å². The molecule has 0 aromatic heterocycles. The normalized spacial score (nSPS) is 13.9. The molecule has 2 unspecified atom stereocenters. The Morgan fingerprint density at radius 2 is 2.21 bits per heavy atom. The highest BCUT2D eigenvalue weighted by molar-refractivity contribution is 7.84. The summed E-state index contributed by atoms with van der Waals surface area (Å²) in [6.45, 7) is 2.22. The van der Waals surface area contributed by atoms with Gasteiger partial charge in [-0.05, 0) is 12.5 Å². The Labute approximate surface area is 117 Å². The van der Waals surface area contributed by atoms with Crippen molar-refractivity contribution in [1.29, 1.82) is 0 Å². The predicted molar refractivity (Wildman–Crippen MR) is 74.7 cm³/mol. The quantitative estimate of drug-likeness (QED) is 0.648. The van der Waals surface area contributed by atoms with Crippen LogP contribution in [0.4, 0.5) is 15.8 Å². The molecule has 106 valence electrons. The Kier molecular flexibility index (Phi) is 5.68. The van der Waals surface area contributed by atoms with Gasteiger partial charge in [-0.3, -0.25) is 14.3 Å². The third-order valence-electron chi connectivity index (χ3n) is 2.67. The van der Waals surface area contributed by atoms with E-state index in [0.29, 0.717) is 13.0 Å². The number of benzene rings is 1. The Morgan fingerprint density at radius 1 is 1.58 bits per heavy atom. The number of nitro groups is 1. The summed E-state index contributed by atoms with van der Waals surface area (Å²) < 4.78 is 24.3. The molecule has 0 bridgehead atoms. The van der Waals surface area contributed by atoms with Gasteiger partial charge in [0.05, 0.1) is 16.0 Å². The second kappa shape index (κ2) is 6.81. The Bertz CT molecular complexity index is 513. The van der Waals surface area contributed by atoms with Crippen molar-refractivity contribution in [2.45, 2.75) is 18.6 Å². The van der Waals surface area contributed by atoms with Gasteiger partial charge in [0.2, 0.25) is 0 Å². The lowest BCUT2D eigenvalue weighted by Gasteiger charge is -2.11. The summed E-state index contributed by atoms with van der Waals surface area (Å²) in [4.78, 5) is 10.1. The van der Waals surface area contributed by atoms with E-state index in [2.05, 4.69) is 5.32 Å². The Balaban J connectivity index is 2.80. The minimum Gasteiger partial charge on any atom is -0.379 e. The molecule has 0 heterocycles. The number of nitro benzene ring substituents is 1. The van der Waals surface area contributed by atoms with E-state index in [0.717, 1.165) is 6.07 Å². The summed E-state index contributed by atoms with van der Waals surface area (Å²) >= 11 is 5.60. The summed E-state index contributed by atoms with van der Waals surface area (Å²) in [7, 11) is -0.950. The minimum atomic E-state index is -0.950. The van der Waals surface area contributed by atoms with Crippen LogP contribution in [0.15, 0.2) is 12.1 Å². The van der Waals surface area contributed by atoms with Gasteiger partial charge in [0.15, 0.2) is 0 Å². The lowest BCUT2D eigenvalue weighted by molar-refractivity contribution is -0.384. The monoisotopic (exact) mass is 308 g/mol. The van der Waals surface area contributed by atoms with E-state index in [1.807, 2.05) is 6.92 Å². The summed E-state index contributed by atoms with van der Waals surface area (Å²) in [5.41, 5.74) is -0.211.